The number of pyridine rings is 1. The summed E-state index contributed by atoms with van der Waals surface area (Å²) in [5.41, 5.74) is 3.44. The molecule has 4 rings (SSSR count). The zero-order valence-electron chi connectivity index (χ0n) is 9.96. The normalized spacial score (nSPS) is 11.6. The van der Waals surface area contributed by atoms with Crippen molar-refractivity contribution in [2.45, 2.75) is 6.92 Å². The lowest BCUT2D eigenvalue weighted by Crippen LogP contribution is -1.93. The van der Waals surface area contributed by atoms with Gasteiger partial charge in [0.2, 0.25) is 0 Å². The molecule has 0 aliphatic rings. The molecule has 4 aromatic rings. The Hall–Kier alpha value is -2.42. The highest BCUT2D eigenvalue weighted by Gasteiger charge is 2.10. The lowest BCUT2D eigenvalue weighted by molar-refractivity contribution is 0.884. The molecule has 3 heteroatoms. The maximum Gasteiger partial charge on any atom is 0.0950 e. The number of nitrogens with zero attached hydrogens (tertiary/aromatic N) is 3. The van der Waals surface area contributed by atoms with E-state index in [2.05, 4.69) is 59.7 Å². The van der Waals surface area contributed by atoms with Crippen molar-refractivity contribution in [3.8, 4) is 0 Å². The van der Waals surface area contributed by atoms with E-state index in [1.807, 2.05) is 10.7 Å². The SMILES string of the molecule is Cc1cccc2c1c1ccccc1c1cnnn12. The molecule has 2 aromatic carbocycles. The fourth-order valence-electron chi connectivity index (χ4n) is 2.70. The van der Waals surface area contributed by atoms with Gasteiger partial charge in [-0.2, -0.15) is 0 Å². The average molecular weight is 233 g/mol. The maximum atomic E-state index is 4.20. The Kier molecular flexibility index (Phi) is 1.75. The highest BCUT2D eigenvalue weighted by Crippen LogP contribution is 2.30. The molecule has 0 amide bonds. The van der Waals surface area contributed by atoms with Gasteiger partial charge in [-0.3, -0.25) is 0 Å². The number of fused-ring (bicyclic) bond motifs is 6. The van der Waals surface area contributed by atoms with Gasteiger partial charge in [0, 0.05) is 10.8 Å². The van der Waals surface area contributed by atoms with Gasteiger partial charge in [-0.1, -0.05) is 41.6 Å². The van der Waals surface area contributed by atoms with E-state index in [-0.39, 0.29) is 0 Å². The van der Waals surface area contributed by atoms with Crippen molar-refractivity contribution in [3.63, 3.8) is 0 Å². The van der Waals surface area contributed by atoms with E-state index in [1.165, 1.54) is 21.7 Å². The van der Waals surface area contributed by atoms with Gasteiger partial charge >= 0.3 is 0 Å². The molecule has 3 nitrogen and oxygen atoms in total. The van der Waals surface area contributed by atoms with Gasteiger partial charge in [0.15, 0.2) is 0 Å². The number of hydrogen-bond donors (Lipinski definition) is 0. The Bertz CT molecular complexity index is 890. The zero-order chi connectivity index (χ0) is 12.1. The van der Waals surface area contributed by atoms with Crippen molar-refractivity contribution < 1.29 is 0 Å². The topological polar surface area (TPSA) is 30.2 Å². The molecule has 0 radical (unpaired) electrons. The molecule has 0 N–H and O–H groups in total. The summed E-state index contributed by atoms with van der Waals surface area (Å²) in [5, 5.41) is 12.0. The van der Waals surface area contributed by atoms with Crippen LogP contribution in [0.1, 0.15) is 5.56 Å². The average Bonchev–Trinajstić information content (AvgIpc) is 2.88. The Labute approximate surface area is 104 Å². The molecule has 0 unspecified atom stereocenters. The number of hydrogen-bond acceptors (Lipinski definition) is 2. The largest absolute Gasteiger partial charge is 0.212 e. The highest BCUT2D eigenvalue weighted by molar-refractivity contribution is 6.13. The summed E-state index contributed by atoms with van der Waals surface area (Å²) >= 11 is 0. The molecular formula is C15H11N3. The minimum atomic E-state index is 1.06. The molecule has 0 saturated heterocycles. The van der Waals surface area contributed by atoms with Crippen LogP contribution >= 0.6 is 0 Å². The summed E-state index contributed by atoms with van der Waals surface area (Å²) in [4.78, 5) is 0. The van der Waals surface area contributed by atoms with E-state index in [4.69, 9.17) is 0 Å². The minimum absolute atomic E-state index is 1.06. The first-order valence-corrected chi connectivity index (χ1v) is 5.97. The third-order valence-corrected chi connectivity index (χ3v) is 3.50. The fourth-order valence-corrected chi connectivity index (χ4v) is 2.70. The predicted molar refractivity (Wildman–Crippen MR) is 72.7 cm³/mol. The maximum absolute atomic E-state index is 4.20. The molecule has 2 aromatic heterocycles. The van der Waals surface area contributed by atoms with Crippen LogP contribution in [0.4, 0.5) is 0 Å². The number of rotatable bonds is 0. The van der Waals surface area contributed by atoms with Crippen molar-refractivity contribution in [1.82, 2.24) is 14.8 Å². The summed E-state index contributed by atoms with van der Waals surface area (Å²) < 4.78 is 1.92. The molecule has 86 valence electrons. The minimum Gasteiger partial charge on any atom is -0.212 e. The van der Waals surface area contributed by atoms with Crippen LogP contribution in [0.3, 0.4) is 0 Å². The van der Waals surface area contributed by atoms with Crippen LogP contribution in [0, 0.1) is 6.92 Å². The van der Waals surface area contributed by atoms with Gasteiger partial charge in [0.25, 0.3) is 0 Å². The summed E-state index contributed by atoms with van der Waals surface area (Å²) in [6, 6.07) is 14.7. The fraction of sp³-hybridized carbons (Fsp3) is 0.0667. The second-order valence-electron chi connectivity index (χ2n) is 4.55. The van der Waals surface area contributed by atoms with Crippen LogP contribution in [-0.4, -0.2) is 14.8 Å². The van der Waals surface area contributed by atoms with Gasteiger partial charge in [-0.15, -0.1) is 5.10 Å². The quantitative estimate of drug-likeness (QED) is 0.436. The summed E-state index contributed by atoms with van der Waals surface area (Å²) in [6.45, 7) is 2.14. The van der Waals surface area contributed by atoms with Gasteiger partial charge < -0.3 is 0 Å². The molecule has 0 saturated carbocycles. The van der Waals surface area contributed by atoms with Crippen LogP contribution in [0.5, 0.6) is 0 Å². The van der Waals surface area contributed by atoms with E-state index in [0.717, 1.165) is 11.0 Å². The monoisotopic (exact) mass is 233 g/mol. The highest BCUT2D eigenvalue weighted by atomic mass is 15.4. The third-order valence-electron chi connectivity index (χ3n) is 3.50. The van der Waals surface area contributed by atoms with E-state index < -0.39 is 0 Å². The lowest BCUT2D eigenvalue weighted by Gasteiger charge is -2.09. The second-order valence-corrected chi connectivity index (χ2v) is 4.55. The molecule has 0 bridgehead atoms. The predicted octanol–water partition coefficient (Wildman–Crippen LogP) is 3.34. The number of benzene rings is 2. The summed E-state index contributed by atoms with van der Waals surface area (Å²) in [6.07, 6.45) is 1.82. The van der Waals surface area contributed by atoms with Crippen molar-refractivity contribution in [3.05, 3.63) is 54.2 Å². The molecule has 2 heterocycles. The summed E-state index contributed by atoms with van der Waals surface area (Å²) in [7, 11) is 0. The molecule has 0 atom stereocenters. The lowest BCUT2D eigenvalue weighted by atomic mass is 10.0. The van der Waals surface area contributed by atoms with Crippen LogP contribution in [0.15, 0.2) is 48.7 Å². The van der Waals surface area contributed by atoms with E-state index in [9.17, 15) is 0 Å². The Morgan fingerprint density at radius 3 is 2.61 bits per heavy atom. The molecule has 0 spiro atoms. The zero-order valence-corrected chi connectivity index (χ0v) is 9.96. The van der Waals surface area contributed by atoms with Gasteiger partial charge in [-0.05, 0) is 23.9 Å². The third kappa shape index (κ3) is 1.08. The molecule has 0 aliphatic heterocycles. The first-order valence-electron chi connectivity index (χ1n) is 5.97. The molecular weight excluding hydrogens is 222 g/mol. The van der Waals surface area contributed by atoms with E-state index in [1.54, 1.807) is 0 Å². The van der Waals surface area contributed by atoms with Gasteiger partial charge in [0.05, 0.1) is 17.2 Å². The summed E-state index contributed by atoms with van der Waals surface area (Å²) in [5.74, 6) is 0. The Morgan fingerprint density at radius 1 is 0.889 bits per heavy atom. The molecule has 0 fully saturated rings. The van der Waals surface area contributed by atoms with Crippen molar-refractivity contribution in [2.75, 3.05) is 0 Å². The number of aromatic nitrogens is 3. The Morgan fingerprint density at radius 2 is 1.72 bits per heavy atom. The van der Waals surface area contributed by atoms with E-state index >= 15 is 0 Å². The smallest absolute Gasteiger partial charge is 0.0950 e. The van der Waals surface area contributed by atoms with Crippen LogP contribution in [0.2, 0.25) is 0 Å². The number of aryl methyl sites for hydroxylation is 1. The van der Waals surface area contributed by atoms with Crippen molar-refractivity contribution in [2.24, 2.45) is 0 Å². The van der Waals surface area contributed by atoms with Crippen LogP contribution in [0.25, 0.3) is 27.2 Å². The second kappa shape index (κ2) is 3.29. The standard InChI is InChI=1S/C15H11N3/c1-10-5-4-8-13-15(10)12-7-3-2-6-11(12)14-9-16-17-18(13)14/h2-9H,1H3. The Balaban J connectivity index is 2.49. The van der Waals surface area contributed by atoms with Gasteiger partial charge in [-0.25, -0.2) is 4.52 Å². The first kappa shape index (κ1) is 9.59. The van der Waals surface area contributed by atoms with Crippen molar-refractivity contribution in [1.29, 1.82) is 0 Å². The molecule has 18 heavy (non-hydrogen) atoms. The van der Waals surface area contributed by atoms with Crippen LogP contribution in [-0.2, 0) is 0 Å². The molecule has 0 aliphatic carbocycles. The van der Waals surface area contributed by atoms with Crippen molar-refractivity contribution >= 4 is 27.2 Å². The van der Waals surface area contributed by atoms with E-state index in [0.29, 0.717) is 0 Å². The van der Waals surface area contributed by atoms with Gasteiger partial charge in [0.1, 0.15) is 0 Å². The first-order chi connectivity index (χ1) is 8.86. The van der Waals surface area contributed by atoms with Crippen LogP contribution < -0.4 is 0 Å².